The highest BCUT2D eigenvalue weighted by Crippen LogP contribution is 2.31. The van der Waals surface area contributed by atoms with Crippen LogP contribution in [0.1, 0.15) is 21.5 Å². The average molecular weight is 523 g/mol. The van der Waals surface area contributed by atoms with Crippen LogP contribution < -0.4 is 11.1 Å². The lowest BCUT2D eigenvalue weighted by Crippen LogP contribution is -2.23. The number of amides is 1. The Bertz CT molecular complexity index is 1890. The van der Waals surface area contributed by atoms with Crippen LogP contribution >= 0.6 is 0 Å². The summed E-state index contributed by atoms with van der Waals surface area (Å²) in [4.78, 5) is 30.6. The van der Waals surface area contributed by atoms with Crippen LogP contribution in [-0.4, -0.2) is 30.4 Å². The Labute approximate surface area is 229 Å². The average Bonchev–Trinajstić information content (AvgIpc) is 3.39. The number of benzene rings is 2. The molecule has 40 heavy (non-hydrogen) atoms. The molecule has 0 aliphatic rings. The van der Waals surface area contributed by atoms with Crippen LogP contribution in [0.4, 0.5) is 5.82 Å². The molecule has 0 unspecified atom stereocenters. The molecular formula is C31H22N8O. The van der Waals surface area contributed by atoms with Gasteiger partial charge in [-0.15, -0.1) is 0 Å². The van der Waals surface area contributed by atoms with Crippen molar-refractivity contribution >= 4 is 22.9 Å². The number of hydrogen-bond acceptors (Lipinski definition) is 7. The molecule has 0 bridgehead atoms. The first-order chi connectivity index (χ1) is 19.6. The summed E-state index contributed by atoms with van der Waals surface area (Å²) < 4.78 is 1.97. The van der Waals surface area contributed by atoms with Gasteiger partial charge in [-0.05, 0) is 48.0 Å². The first-order valence-corrected chi connectivity index (χ1v) is 12.5. The van der Waals surface area contributed by atoms with Crippen molar-refractivity contribution in [2.75, 3.05) is 5.73 Å². The summed E-state index contributed by atoms with van der Waals surface area (Å²) in [7, 11) is 0. The van der Waals surface area contributed by atoms with Gasteiger partial charge in [0.05, 0.1) is 22.4 Å². The van der Waals surface area contributed by atoms with Crippen molar-refractivity contribution in [3.8, 4) is 34.4 Å². The molecule has 0 saturated carbocycles. The molecule has 6 aromatic rings. The van der Waals surface area contributed by atoms with Crippen molar-refractivity contribution in [2.24, 2.45) is 0 Å². The van der Waals surface area contributed by atoms with E-state index >= 15 is 0 Å². The third-order valence-electron chi connectivity index (χ3n) is 6.43. The molecule has 0 atom stereocenters. The van der Waals surface area contributed by atoms with Crippen molar-refractivity contribution in [2.45, 2.75) is 6.54 Å². The lowest BCUT2D eigenvalue weighted by molar-refractivity contribution is 0.0950. The van der Waals surface area contributed by atoms with E-state index in [-0.39, 0.29) is 5.91 Å². The van der Waals surface area contributed by atoms with Crippen molar-refractivity contribution < 1.29 is 4.79 Å². The molecule has 0 saturated heterocycles. The molecule has 1 amide bonds. The Hall–Kier alpha value is -5.88. The van der Waals surface area contributed by atoms with E-state index in [2.05, 4.69) is 15.3 Å². The number of anilines is 1. The largest absolute Gasteiger partial charge is 0.383 e. The van der Waals surface area contributed by atoms with Crippen molar-refractivity contribution in [1.82, 2.24) is 29.8 Å². The molecule has 2 aromatic carbocycles. The van der Waals surface area contributed by atoms with Gasteiger partial charge in [-0.25, -0.2) is 15.0 Å². The smallest absolute Gasteiger partial charge is 0.253 e. The molecule has 0 fully saturated rings. The molecule has 3 N–H and O–H groups in total. The Morgan fingerprint density at radius 2 is 1.77 bits per heavy atom. The lowest BCUT2D eigenvalue weighted by atomic mass is 10.1. The lowest BCUT2D eigenvalue weighted by Gasteiger charge is -2.12. The van der Waals surface area contributed by atoms with Crippen LogP contribution in [0.25, 0.3) is 39.5 Å². The van der Waals surface area contributed by atoms with E-state index in [4.69, 9.17) is 21.0 Å². The van der Waals surface area contributed by atoms with Gasteiger partial charge in [0, 0.05) is 36.4 Å². The minimum atomic E-state index is -0.304. The highest BCUT2D eigenvalue weighted by atomic mass is 16.1. The van der Waals surface area contributed by atoms with Gasteiger partial charge in [-0.2, -0.15) is 5.26 Å². The highest BCUT2D eigenvalue weighted by Gasteiger charge is 2.19. The molecule has 9 heteroatoms. The fourth-order valence-electron chi connectivity index (χ4n) is 4.43. The van der Waals surface area contributed by atoms with Gasteiger partial charge in [0.2, 0.25) is 0 Å². The Kier molecular flexibility index (Phi) is 6.40. The number of nitriles is 1. The number of nitrogen functional groups attached to an aromatic ring is 1. The normalized spacial score (nSPS) is 10.8. The number of carbonyl (C=O) groups excluding carboxylic acids is 1. The SMILES string of the molecule is N#Cc1cncc(C(=O)NCc2ccc(-n3c(-c4cccnc4N)nc4ccc(-c5ccccc5)nc43)cc2)c1. The van der Waals surface area contributed by atoms with Crippen molar-refractivity contribution in [3.63, 3.8) is 0 Å². The van der Waals surface area contributed by atoms with Gasteiger partial charge in [0.25, 0.3) is 5.91 Å². The second kappa shape index (κ2) is 10.5. The van der Waals surface area contributed by atoms with E-state index in [0.717, 1.165) is 28.0 Å². The number of rotatable bonds is 6. The number of hydrogen-bond donors (Lipinski definition) is 2. The quantitative estimate of drug-likeness (QED) is 0.317. The minimum absolute atomic E-state index is 0.304. The van der Waals surface area contributed by atoms with E-state index in [9.17, 15) is 4.79 Å². The standard InChI is InChI=1S/C31H22N8O/c32-16-21-15-23(19-34-17-21)31(40)36-18-20-8-10-24(11-9-20)39-29(25-7-4-14-35-28(25)33)38-27-13-12-26(37-30(27)39)22-5-2-1-3-6-22/h1-15,17,19H,18H2,(H2,33,35)(H,36,40). The maximum atomic E-state index is 12.6. The van der Waals surface area contributed by atoms with Gasteiger partial charge >= 0.3 is 0 Å². The third-order valence-corrected chi connectivity index (χ3v) is 6.43. The zero-order valence-electron chi connectivity index (χ0n) is 21.2. The number of aromatic nitrogens is 5. The fraction of sp³-hybridized carbons (Fsp3) is 0.0323. The van der Waals surface area contributed by atoms with Gasteiger partial charge in [-0.1, -0.05) is 42.5 Å². The number of imidazole rings is 1. The number of fused-ring (bicyclic) bond motifs is 1. The van der Waals surface area contributed by atoms with E-state index < -0.39 is 0 Å². The molecule has 0 aliphatic heterocycles. The summed E-state index contributed by atoms with van der Waals surface area (Å²) in [6.45, 7) is 0.305. The van der Waals surface area contributed by atoms with E-state index in [1.54, 1.807) is 6.20 Å². The number of carbonyl (C=O) groups is 1. The Morgan fingerprint density at radius 3 is 2.55 bits per heavy atom. The van der Waals surface area contributed by atoms with Crippen LogP contribution in [0, 0.1) is 11.3 Å². The summed E-state index contributed by atoms with van der Waals surface area (Å²) in [5.41, 5.74) is 12.6. The molecular weight excluding hydrogens is 500 g/mol. The zero-order chi connectivity index (χ0) is 27.5. The van der Waals surface area contributed by atoms with Gasteiger partial charge in [0.15, 0.2) is 11.5 Å². The summed E-state index contributed by atoms with van der Waals surface area (Å²) >= 11 is 0. The molecule has 0 aliphatic carbocycles. The van der Waals surface area contributed by atoms with E-state index in [0.29, 0.717) is 40.5 Å². The molecule has 0 radical (unpaired) electrons. The minimum Gasteiger partial charge on any atom is -0.383 e. The Morgan fingerprint density at radius 1 is 0.950 bits per heavy atom. The summed E-state index contributed by atoms with van der Waals surface area (Å²) in [6, 6.07) is 28.9. The number of nitrogens with two attached hydrogens (primary N) is 1. The first kappa shape index (κ1) is 24.5. The van der Waals surface area contributed by atoms with E-state index in [1.165, 1.54) is 18.5 Å². The van der Waals surface area contributed by atoms with Crippen LogP contribution in [0.2, 0.25) is 0 Å². The molecule has 4 aromatic heterocycles. The molecule has 9 nitrogen and oxygen atoms in total. The molecule has 192 valence electrons. The maximum absolute atomic E-state index is 12.6. The highest BCUT2D eigenvalue weighted by molar-refractivity contribution is 5.94. The topological polar surface area (TPSA) is 135 Å². The predicted octanol–water partition coefficient (Wildman–Crippen LogP) is 4.93. The molecule has 0 spiro atoms. The van der Waals surface area contributed by atoms with Gasteiger partial charge in [0.1, 0.15) is 17.4 Å². The van der Waals surface area contributed by atoms with Crippen molar-refractivity contribution in [1.29, 1.82) is 5.26 Å². The molecule has 4 heterocycles. The predicted molar refractivity (Wildman–Crippen MR) is 152 cm³/mol. The Balaban J connectivity index is 1.36. The van der Waals surface area contributed by atoms with Crippen LogP contribution in [-0.2, 0) is 6.54 Å². The monoisotopic (exact) mass is 522 g/mol. The van der Waals surface area contributed by atoms with Crippen LogP contribution in [0.15, 0.2) is 104 Å². The number of pyridine rings is 3. The summed E-state index contributed by atoms with van der Waals surface area (Å²) in [5.74, 6) is 0.696. The second-order valence-electron chi connectivity index (χ2n) is 9.04. The third kappa shape index (κ3) is 4.73. The molecule has 6 rings (SSSR count). The summed E-state index contributed by atoms with van der Waals surface area (Å²) in [5, 5.41) is 11.9. The summed E-state index contributed by atoms with van der Waals surface area (Å²) in [6.07, 6.45) is 4.50. The first-order valence-electron chi connectivity index (χ1n) is 12.5. The van der Waals surface area contributed by atoms with Crippen LogP contribution in [0.3, 0.4) is 0 Å². The number of nitrogens with one attached hydrogen (secondary N) is 1. The zero-order valence-corrected chi connectivity index (χ0v) is 21.2. The van der Waals surface area contributed by atoms with Gasteiger partial charge < -0.3 is 11.1 Å². The van der Waals surface area contributed by atoms with Crippen LogP contribution in [0.5, 0.6) is 0 Å². The van der Waals surface area contributed by atoms with Crippen molar-refractivity contribution in [3.05, 3.63) is 120 Å². The number of nitrogens with zero attached hydrogens (tertiary/aromatic N) is 6. The maximum Gasteiger partial charge on any atom is 0.253 e. The van der Waals surface area contributed by atoms with E-state index in [1.807, 2.05) is 89.5 Å². The van der Waals surface area contributed by atoms with Gasteiger partial charge in [-0.3, -0.25) is 14.3 Å². The fourth-order valence-corrected chi connectivity index (χ4v) is 4.43. The second-order valence-corrected chi connectivity index (χ2v) is 9.04.